The Bertz CT molecular complexity index is 2260. The maximum atomic E-state index is 13.3. The molecule has 0 radical (unpaired) electrons. The summed E-state index contributed by atoms with van der Waals surface area (Å²) in [5, 5.41) is 30.7. The van der Waals surface area contributed by atoms with Crippen LogP contribution in [0.3, 0.4) is 0 Å². The normalized spacial score (nSPS) is 31.5. The monoisotopic (exact) mass is 900 g/mol. The molecule has 3 N–H and O–H groups in total. The Hall–Kier alpha value is -5.81. The molecule has 0 aliphatic carbocycles. The highest BCUT2D eigenvalue weighted by Gasteiger charge is 2.43. The van der Waals surface area contributed by atoms with Gasteiger partial charge in [-0.05, 0) is 88.4 Å². The molecule has 0 bridgehead atoms. The van der Waals surface area contributed by atoms with Crippen LogP contribution in [0.5, 0.6) is 5.75 Å². The summed E-state index contributed by atoms with van der Waals surface area (Å²) in [5.41, 5.74) is 3.14. The molecule has 3 saturated heterocycles. The van der Waals surface area contributed by atoms with Gasteiger partial charge in [0.25, 0.3) is 0 Å². The molecule has 5 aliphatic rings. The zero-order valence-corrected chi connectivity index (χ0v) is 38.1. The number of nitrogens with zero attached hydrogens (tertiary/aromatic N) is 2. The minimum Gasteiger partial charge on any atom is -0.507 e. The first-order valence-electron chi connectivity index (χ1n) is 22.0. The number of phenols is 1. The highest BCUT2D eigenvalue weighted by atomic mass is 16.8. The smallest absolute Gasteiger partial charge is 0.414 e. The van der Waals surface area contributed by atoms with Gasteiger partial charge in [0.1, 0.15) is 42.8 Å². The summed E-state index contributed by atoms with van der Waals surface area (Å²) >= 11 is 0. The Balaban J connectivity index is 0.000000216. The van der Waals surface area contributed by atoms with Gasteiger partial charge < -0.3 is 43.7 Å². The SMILES string of the molecule is C[C@@H]1/C=C\C(=O)[C@@H](O)[C@@H](O)C/C=C/c2cc(N3CCOC3=O)cc(O)c2C(=O)O[C@H]1C.Cc1cc(N2CCOC2=O)cc2c1C(=O)O[C@@H](C)[C@H](C)/C=C\[C@@H](C)[C@H]1OC(C)(C)O[C@H]1C/C=C/2. The van der Waals surface area contributed by atoms with E-state index in [0.29, 0.717) is 48.6 Å². The highest BCUT2D eigenvalue weighted by molar-refractivity contribution is 6.00. The first-order chi connectivity index (χ1) is 30.7. The molecule has 9 atom stereocenters. The fraction of sp³-hybridized carbons (Fsp3) is 0.490. The van der Waals surface area contributed by atoms with Gasteiger partial charge in [-0.1, -0.05) is 63.3 Å². The number of benzene rings is 2. The number of hydrogen-bond donors (Lipinski definition) is 3. The minimum atomic E-state index is -1.60. The van der Waals surface area contributed by atoms with Crippen LogP contribution in [-0.4, -0.2) is 114 Å². The summed E-state index contributed by atoms with van der Waals surface area (Å²) in [6, 6.07) is 6.50. The van der Waals surface area contributed by atoms with E-state index in [4.69, 9.17) is 28.4 Å². The number of carbonyl (C=O) groups excluding carboxylic acids is 5. The molecular weight excluding hydrogens is 841 g/mol. The lowest BCUT2D eigenvalue weighted by atomic mass is 9.94. The summed E-state index contributed by atoms with van der Waals surface area (Å²) in [6.07, 6.45) is 9.18. The van der Waals surface area contributed by atoms with Gasteiger partial charge >= 0.3 is 24.1 Å². The molecule has 7 rings (SSSR count). The van der Waals surface area contributed by atoms with Crippen molar-refractivity contribution in [2.24, 2.45) is 17.8 Å². The number of amides is 2. The van der Waals surface area contributed by atoms with Crippen molar-refractivity contribution in [3.8, 4) is 5.75 Å². The minimum absolute atomic E-state index is 0.0288. The molecule has 16 heteroatoms. The number of ketones is 1. The molecule has 0 saturated carbocycles. The van der Waals surface area contributed by atoms with Gasteiger partial charge in [0, 0.05) is 29.5 Å². The maximum Gasteiger partial charge on any atom is 0.414 e. The molecule has 16 nitrogen and oxygen atoms in total. The summed E-state index contributed by atoms with van der Waals surface area (Å²) in [5.74, 6) is -3.04. The van der Waals surface area contributed by atoms with Crippen LogP contribution in [0.15, 0.2) is 60.7 Å². The molecule has 350 valence electrons. The van der Waals surface area contributed by atoms with E-state index in [0.717, 1.165) is 11.6 Å². The predicted octanol–water partition coefficient (Wildman–Crippen LogP) is 7.06. The standard InChI is InChI=1S/C27H35NO6.C22H25NO8/c1-16-10-11-17(2)24-22(33-27(5,6)34-24)9-7-8-20-15-21(28-12-13-31-26(28)30)14-18(3)23(20)25(29)32-19(16)4;1-12-6-7-17(25)20(27)16(24)5-3-4-14-10-15(23-8-9-30-22(23)29)11-18(26)19(14)21(28)31-13(12)2/h7-8,10-11,14-17,19,22,24H,9,12-13H2,1-6H3;3-4,6-7,10-13,16,20,24,26-27H,5,8-9H2,1-2H3/b8-7+,11-10-;4-3+,7-6-/t16-,17-,19+,22+,24-;12-,13+,16+,20+/m11/s1. The van der Waals surface area contributed by atoms with Gasteiger partial charge in [0.2, 0.25) is 0 Å². The van der Waals surface area contributed by atoms with E-state index in [2.05, 4.69) is 19.1 Å². The largest absolute Gasteiger partial charge is 0.507 e. The maximum absolute atomic E-state index is 13.3. The fourth-order valence-corrected chi connectivity index (χ4v) is 8.02. The number of aliphatic hydroxyl groups is 2. The number of cyclic esters (lactones) is 4. The molecule has 0 spiro atoms. The number of aromatic hydroxyl groups is 1. The van der Waals surface area contributed by atoms with Gasteiger partial charge in [-0.2, -0.15) is 0 Å². The number of esters is 2. The van der Waals surface area contributed by atoms with Crippen LogP contribution in [0.25, 0.3) is 12.2 Å². The lowest BCUT2D eigenvalue weighted by Crippen LogP contribution is -2.32. The predicted molar refractivity (Wildman–Crippen MR) is 240 cm³/mol. The van der Waals surface area contributed by atoms with Crippen molar-refractivity contribution in [1.82, 2.24) is 0 Å². The zero-order chi connectivity index (χ0) is 47.3. The van der Waals surface area contributed by atoms with Gasteiger partial charge in [-0.3, -0.25) is 14.6 Å². The Morgan fingerprint density at radius 3 is 1.75 bits per heavy atom. The molecule has 2 aromatic rings. The van der Waals surface area contributed by atoms with E-state index in [1.54, 1.807) is 18.7 Å². The van der Waals surface area contributed by atoms with Crippen molar-refractivity contribution >= 4 is 53.4 Å². The van der Waals surface area contributed by atoms with Crippen molar-refractivity contribution in [3.05, 3.63) is 88.5 Å². The van der Waals surface area contributed by atoms with E-state index in [1.165, 1.54) is 35.3 Å². The quantitative estimate of drug-likeness (QED) is 0.157. The first kappa shape index (κ1) is 48.6. The Labute approximate surface area is 379 Å². The van der Waals surface area contributed by atoms with Crippen LogP contribution >= 0.6 is 0 Å². The molecular formula is C49H60N2O14. The number of aliphatic hydroxyl groups excluding tert-OH is 2. The summed E-state index contributed by atoms with van der Waals surface area (Å²) < 4.78 is 33.8. The van der Waals surface area contributed by atoms with Crippen molar-refractivity contribution in [3.63, 3.8) is 0 Å². The number of hydrogen-bond acceptors (Lipinski definition) is 14. The fourth-order valence-electron chi connectivity index (χ4n) is 8.02. The van der Waals surface area contributed by atoms with Gasteiger partial charge in [0.15, 0.2) is 11.6 Å². The van der Waals surface area contributed by atoms with E-state index in [9.17, 15) is 39.3 Å². The molecule has 3 fully saturated rings. The number of anilines is 2. The summed E-state index contributed by atoms with van der Waals surface area (Å²) in [4.78, 5) is 65.1. The van der Waals surface area contributed by atoms with Crippen LogP contribution in [0.2, 0.25) is 0 Å². The van der Waals surface area contributed by atoms with Crippen molar-refractivity contribution in [2.75, 3.05) is 36.1 Å². The summed E-state index contributed by atoms with van der Waals surface area (Å²) in [7, 11) is 0. The number of rotatable bonds is 2. The van der Waals surface area contributed by atoms with Crippen LogP contribution in [0.1, 0.15) is 98.7 Å². The molecule has 0 aromatic heterocycles. The van der Waals surface area contributed by atoms with E-state index >= 15 is 0 Å². The molecule has 2 amide bonds. The zero-order valence-electron chi connectivity index (χ0n) is 38.1. The number of carbonyl (C=O) groups is 5. The van der Waals surface area contributed by atoms with Crippen molar-refractivity contribution in [2.45, 2.75) is 111 Å². The highest BCUT2D eigenvalue weighted by Crippen LogP contribution is 2.36. The summed E-state index contributed by atoms with van der Waals surface area (Å²) in [6.45, 7) is 16.5. The third kappa shape index (κ3) is 11.5. The van der Waals surface area contributed by atoms with Gasteiger partial charge in [-0.25, -0.2) is 19.2 Å². The van der Waals surface area contributed by atoms with Crippen LogP contribution in [0, 0.1) is 24.7 Å². The number of aryl methyl sites for hydroxylation is 1. The van der Waals surface area contributed by atoms with E-state index in [1.807, 2.05) is 58.9 Å². The van der Waals surface area contributed by atoms with Crippen molar-refractivity contribution < 1.29 is 67.7 Å². The Kier molecular flexibility index (Phi) is 15.4. The topological polar surface area (TPSA) is 208 Å². The first-order valence-corrected chi connectivity index (χ1v) is 22.0. The molecule has 5 heterocycles. The molecule has 0 unspecified atom stereocenters. The number of ether oxygens (including phenoxy) is 6. The number of phenolic OH excluding ortho intramolecular Hbond substituents is 1. The lowest BCUT2D eigenvalue weighted by molar-refractivity contribution is -0.148. The average molecular weight is 901 g/mol. The third-order valence-electron chi connectivity index (χ3n) is 12.1. The average Bonchev–Trinajstić information content (AvgIpc) is 3.97. The van der Waals surface area contributed by atoms with Crippen LogP contribution < -0.4 is 9.80 Å². The van der Waals surface area contributed by atoms with E-state index in [-0.39, 0.29) is 78.0 Å². The number of fused-ring (bicyclic) bond motifs is 3. The second-order valence-corrected chi connectivity index (χ2v) is 17.6. The van der Waals surface area contributed by atoms with Gasteiger partial charge in [-0.15, -0.1) is 0 Å². The van der Waals surface area contributed by atoms with Crippen LogP contribution in [0.4, 0.5) is 21.0 Å². The second kappa shape index (κ2) is 20.6. The van der Waals surface area contributed by atoms with Gasteiger partial charge in [0.05, 0.1) is 42.7 Å². The van der Waals surface area contributed by atoms with E-state index < -0.39 is 41.9 Å². The lowest BCUT2D eigenvalue weighted by Gasteiger charge is -2.23. The second-order valence-electron chi connectivity index (χ2n) is 17.6. The molecule has 5 aliphatic heterocycles. The third-order valence-corrected chi connectivity index (χ3v) is 12.1. The Morgan fingerprint density at radius 2 is 1.17 bits per heavy atom. The van der Waals surface area contributed by atoms with Crippen molar-refractivity contribution in [1.29, 1.82) is 0 Å². The molecule has 2 aromatic carbocycles. The molecule has 65 heavy (non-hydrogen) atoms. The van der Waals surface area contributed by atoms with Crippen LogP contribution in [-0.2, 0) is 33.2 Å². The Morgan fingerprint density at radius 1 is 0.646 bits per heavy atom.